The summed E-state index contributed by atoms with van der Waals surface area (Å²) < 4.78 is 4.84. The third-order valence-corrected chi connectivity index (χ3v) is 3.97. The Morgan fingerprint density at radius 3 is 2.50 bits per heavy atom. The van der Waals surface area contributed by atoms with Gasteiger partial charge in [-0.15, -0.1) is 0 Å². The van der Waals surface area contributed by atoms with Crippen LogP contribution >= 0.6 is 0 Å². The fourth-order valence-electron chi connectivity index (χ4n) is 2.81. The zero-order valence-corrected chi connectivity index (χ0v) is 14.3. The molecule has 0 spiro atoms. The molecule has 0 fully saturated rings. The molecule has 24 heavy (non-hydrogen) atoms. The summed E-state index contributed by atoms with van der Waals surface area (Å²) in [7, 11) is 0. The number of carbonyl (C=O) groups is 2. The number of amides is 2. The van der Waals surface area contributed by atoms with Crippen LogP contribution in [0.15, 0.2) is 53.3 Å². The third kappa shape index (κ3) is 4.98. The van der Waals surface area contributed by atoms with Gasteiger partial charge in [-0.1, -0.05) is 44.2 Å². The zero-order chi connectivity index (χ0) is 17.6. The summed E-state index contributed by atoms with van der Waals surface area (Å²) in [6.45, 7) is 6.23. The molecule has 2 aromatic rings. The predicted molar refractivity (Wildman–Crippen MR) is 92.7 cm³/mol. The second-order valence-electron chi connectivity index (χ2n) is 6.62. The molecule has 0 aliphatic heterocycles. The first-order valence-electron chi connectivity index (χ1n) is 8.04. The van der Waals surface area contributed by atoms with Gasteiger partial charge in [-0.2, -0.15) is 0 Å². The van der Waals surface area contributed by atoms with Crippen LogP contribution in [0, 0.1) is 0 Å². The summed E-state index contributed by atoms with van der Waals surface area (Å²) >= 11 is 0. The lowest BCUT2D eigenvalue weighted by Crippen LogP contribution is -2.42. The molecular formula is C19H24N2O3. The van der Waals surface area contributed by atoms with Gasteiger partial charge < -0.3 is 15.1 Å². The maximum Gasteiger partial charge on any atom is 0.254 e. The minimum absolute atomic E-state index is 0.00136. The van der Waals surface area contributed by atoms with Crippen molar-refractivity contribution >= 4 is 11.8 Å². The van der Waals surface area contributed by atoms with E-state index in [1.807, 2.05) is 25.1 Å². The van der Waals surface area contributed by atoms with Gasteiger partial charge >= 0.3 is 0 Å². The van der Waals surface area contributed by atoms with Crippen molar-refractivity contribution in [1.82, 2.24) is 10.6 Å². The highest BCUT2D eigenvalue weighted by molar-refractivity contribution is 5.96. The van der Waals surface area contributed by atoms with Crippen LogP contribution in [0.4, 0.5) is 0 Å². The minimum Gasteiger partial charge on any atom is -0.472 e. The lowest BCUT2D eigenvalue weighted by atomic mass is 9.79. The lowest BCUT2D eigenvalue weighted by molar-refractivity contribution is -0.120. The molecule has 2 amide bonds. The monoisotopic (exact) mass is 328 g/mol. The van der Waals surface area contributed by atoms with Crippen molar-refractivity contribution in [3.8, 4) is 0 Å². The van der Waals surface area contributed by atoms with Gasteiger partial charge in [0.1, 0.15) is 6.26 Å². The quantitative estimate of drug-likeness (QED) is 0.821. The highest BCUT2D eigenvalue weighted by Crippen LogP contribution is 2.27. The zero-order valence-electron chi connectivity index (χ0n) is 14.3. The Bertz CT molecular complexity index is 663. The highest BCUT2D eigenvalue weighted by atomic mass is 16.3. The third-order valence-electron chi connectivity index (χ3n) is 3.97. The topological polar surface area (TPSA) is 71.3 Å². The first-order valence-corrected chi connectivity index (χ1v) is 8.04. The van der Waals surface area contributed by atoms with Gasteiger partial charge in [-0.05, 0) is 30.4 Å². The van der Waals surface area contributed by atoms with Gasteiger partial charge in [-0.3, -0.25) is 9.59 Å². The van der Waals surface area contributed by atoms with Crippen molar-refractivity contribution in [3.05, 3.63) is 60.1 Å². The number of hydrogen-bond donors (Lipinski definition) is 2. The second kappa shape index (κ2) is 7.81. The van der Waals surface area contributed by atoms with Gasteiger partial charge in [0.05, 0.1) is 18.4 Å². The number of carbonyl (C=O) groups excluding carboxylic acids is 2. The number of benzene rings is 1. The first kappa shape index (κ1) is 17.8. The summed E-state index contributed by atoms with van der Waals surface area (Å²) in [6, 6.07) is 11.8. The van der Waals surface area contributed by atoms with Crippen LogP contribution in [0.25, 0.3) is 0 Å². The maximum absolute atomic E-state index is 12.0. The Labute approximate surface area is 142 Å². The van der Waals surface area contributed by atoms with E-state index in [1.54, 1.807) is 6.07 Å². The number of nitrogens with one attached hydrogen (secondary N) is 2. The van der Waals surface area contributed by atoms with E-state index in [4.69, 9.17) is 4.42 Å². The van der Waals surface area contributed by atoms with Gasteiger partial charge in [0.25, 0.3) is 5.91 Å². The molecule has 0 saturated heterocycles. The van der Waals surface area contributed by atoms with Gasteiger partial charge in [0, 0.05) is 6.04 Å². The molecule has 0 bridgehead atoms. The molecule has 0 aliphatic rings. The SMILES string of the molecule is C[C@@H](CC(C)(C)c1ccccc1)NC(=O)CNC(=O)c1ccoc1. The molecule has 1 aromatic carbocycles. The van der Waals surface area contributed by atoms with E-state index in [1.165, 1.54) is 18.1 Å². The largest absolute Gasteiger partial charge is 0.472 e. The van der Waals surface area contributed by atoms with E-state index < -0.39 is 0 Å². The van der Waals surface area contributed by atoms with E-state index in [-0.39, 0.29) is 29.8 Å². The Morgan fingerprint density at radius 2 is 1.88 bits per heavy atom. The number of furan rings is 1. The molecule has 0 saturated carbocycles. The van der Waals surface area contributed by atoms with Gasteiger partial charge in [0.2, 0.25) is 5.91 Å². The van der Waals surface area contributed by atoms with Gasteiger partial charge in [0.15, 0.2) is 0 Å². The molecule has 0 unspecified atom stereocenters. The molecule has 1 aromatic heterocycles. The standard InChI is InChI=1S/C19H24N2O3/c1-14(11-19(2,3)16-7-5-4-6-8-16)21-17(22)12-20-18(23)15-9-10-24-13-15/h4-10,13-14H,11-12H2,1-3H3,(H,20,23)(H,21,22)/t14-/m0/s1. The molecule has 0 radical (unpaired) electrons. The minimum atomic E-state index is -0.323. The molecular weight excluding hydrogens is 304 g/mol. The van der Waals surface area contributed by atoms with Crippen LogP contribution < -0.4 is 10.6 Å². The van der Waals surface area contributed by atoms with Crippen LogP contribution in [-0.4, -0.2) is 24.4 Å². The Balaban J connectivity index is 1.80. The fourth-order valence-corrected chi connectivity index (χ4v) is 2.81. The number of rotatable bonds is 7. The van der Waals surface area contributed by atoms with Crippen LogP contribution in [0.5, 0.6) is 0 Å². The average Bonchev–Trinajstić information content (AvgIpc) is 3.07. The van der Waals surface area contributed by atoms with Crippen LogP contribution in [-0.2, 0) is 10.2 Å². The van der Waals surface area contributed by atoms with Gasteiger partial charge in [-0.25, -0.2) is 0 Å². The first-order chi connectivity index (χ1) is 11.4. The van der Waals surface area contributed by atoms with E-state index >= 15 is 0 Å². The molecule has 2 rings (SSSR count). The fraction of sp³-hybridized carbons (Fsp3) is 0.368. The van der Waals surface area contributed by atoms with Crippen LogP contribution in [0.3, 0.4) is 0 Å². The van der Waals surface area contributed by atoms with Crippen molar-refractivity contribution in [2.45, 2.75) is 38.6 Å². The number of hydrogen-bond acceptors (Lipinski definition) is 3. The molecule has 5 nitrogen and oxygen atoms in total. The van der Waals surface area contributed by atoms with E-state index in [9.17, 15) is 9.59 Å². The Kier molecular flexibility index (Phi) is 5.79. The van der Waals surface area contributed by atoms with Crippen molar-refractivity contribution in [2.24, 2.45) is 0 Å². The Hall–Kier alpha value is -2.56. The average molecular weight is 328 g/mol. The molecule has 128 valence electrons. The molecule has 1 heterocycles. The van der Waals surface area contributed by atoms with Crippen LogP contribution in [0.1, 0.15) is 43.1 Å². The molecule has 0 aliphatic carbocycles. The normalized spacial score (nSPS) is 12.5. The summed E-state index contributed by atoms with van der Waals surface area (Å²) in [5, 5.41) is 5.50. The van der Waals surface area contributed by atoms with Crippen molar-refractivity contribution in [3.63, 3.8) is 0 Å². The lowest BCUT2D eigenvalue weighted by Gasteiger charge is -2.29. The molecule has 2 N–H and O–H groups in total. The van der Waals surface area contributed by atoms with Crippen molar-refractivity contribution in [1.29, 1.82) is 0 Å². The smallest absolute Gasteiger partial charge is 0.254 e. The summed E-state index contributed by atoms with van der Waals surface area (Å²) in [5.41, 5.74) is 1.59. The van der Waals surface area contributed by atoms with Crippen LogP contribution in [0.2, 0.25) is 0 Å². The summed E-state index contributed by atoms with van der Waals surface area (Å²) in [4.78, 5) is 23.8. The van der Waals surface area contributed by atoms with E-state index in [0.29, 0.717) is 5.56 Å². The molecule has 5 heteroatoms. The van der Waals surface area contributed by atoms with E-state index in [2.05, 4.69) is 36.6 Å². The highest BCUT2D eigenvalue weighted by Gasteiger charge is 2.24. The summed E-state index contributed by atoms with van der Waals surface area (Å²) in [6.07, 6.45) is 3.57. The van der Waals surface area contributed by atoms with Crippen molar-refractivity contribution < 1.29 is 14.0 Å². The molecule has 1 atom stereocenters. The predicted octanol–water partition coefficient (Wildman–Crippen LogP) is 2.88. The Morgan fingerprint density at radius 1 is 1.17 bits per heavy atom. The van der Waals surface area contributed by atoms with Crippen molar-refractivity contribution in [2.75, 3.05) is 6.54 Å². The second-order valence-corrected chi connectivity index (χ2v) is 6.62. The summed E-state index contributed by atoms with van der Waals surface area (Å²) in [5.74, 6) is -0.528. The van der Waals surface area contributed by atoms with E-state index in [0.717, 1.165) is 6.42 Å². The maximum atomic E-state index is 12.0.